The lowest BCUT2D eigenvalue weighted by molar-refractivity contribution is 0.287. The first kappa shape index (κ1) is 15.3. The Morgan fingerprint density at radius 3 is 2.44 bits per heavy atom. The average Bonchev–Trinajstić information content (AvgIpc) is 2.13. The van der Waals surface area contributed by atoms with Gasteiger partial charge in [0.1, 0.15) is 0 Å². The molecule has 102 valence electrons. The van der Waals surface area contributed by atoms with Gasteiger partial charge in [0.25, 0.3) is 0 Å². The highest BCUT2D eigenvalue weighted by Gasteiger charge is 2.27. The molecule has 0 radical (unpaired) electrons. The summed E-state index contributed by atoms with van der Waals surface area (Å²) in [6, 6.07) is 1.03. The number of allylic oxidation sites excluding steroid dienone is 4. The molecule has 1 aliphatic carbocycles. The van der Waals surface area contributed by atoms with Gasteiger partial charge in [-0.2, -0.15) is 0 Å². The molecule has 1 rings (SSSR count). The lowest BCUT2D eigenvalue weighted by Crippen LogP contribution is -2.30. The van der Waals surface area contributed by atoms with Crippen molar-refractivity contribution in [2.75, 3.05) is 0 Å². The van der Waals surface area contributed by atoms with Crippen LogP contribution < -0.4 is 0 Å². The summed E-state index contributed by atoms with van der Waals surface area (Å²) in [4.78, 5) is 0. The molecule has 0 aromatic carbocycles. The topological polar surface area (TPSA) is 9.23 Å². The van der Waals surface area contributed by atoms with E-state index in [0.29, 0.717) is 11.3 Å². The molecule has 0 saturated heterocycles. The fraction of sp³-hybridized carbons (Fsp3) is 0.625. The van der Waals surface area contributed by atoms with E-state index in [-0.39, 0.29) is 0 Å². The quantitative estimate of drug-likeness (QED) is 0.495. The van der Waals surface area contributed by atoms with E-state index in [1.165, 1.54) is 5.57 Å². The van der Waals surface area contributed by atoms with Gasteiger partial charge < -0.3 is 4.43 Å². The van der Waals surface area contributed by atoms with Crippen LogP contribution in [0.5, 0.6) is 0 Å². The number of rotatable bonds is 4. The summed E-state index contributed by atoms with van der Waals surface area (Å²) in [6.07, 6.45) is 7.81. The van der Waals surface area contributed by atoms with Crippen LogP contribution in [0.1, 0.15) is 34.1 Å². The third-order valence-electron chi connectivity index (χ3n) is 3.30. The van der Waals surface area contributed by atoms with E-state index in [4.69, 9.17) is 4.43 Å². The first-order chi connectivity index (χ1) is 8.10. The monoisotopic (exact) mass is 264 g/mol. The minimum atomic E-state index is -1.64. The predicted octanol–water partition coefficient (Wildman–Crippen LogP) is 5.29. The maximum absolute atomic E-state index is 6.20. The third-order valence-corrected chi connectivity index (χ3v) is 5.54. The molecule has 0 amide bonds. The summed E-state index contributed by atoms with van der Waals surface area (Å²) >= 11 is 0. The fourth-order valence-corrected chi connectivity index (χ4v) is 4.72. The van der Waals surface area contributed by atoms with Gasteiger partial charge in [-0.15, -0.1) is 6.58 Å². The van der Waals surface area contributed by atoms with Gasteiger partial charge in [0.2, 0.25) is 8.32 Å². The SMILES string of the molecule is C=C(C)C[Si](C)(C)OC1=CCC(C(C)(C)C)C=C1. The van der Waals surface area contributed by atoms with E-state index in [1.807, 2.05) is 0 Å². The van der Waals surface area contributed by atoms with Crippen molar-refractivity contribution in [2.24, 2.45) is 11.3 Å². The molecular weight excluding hydrogens is 236 g/mol. The van der Waals surface area contributed by atoms with Crippen LogP contribution in [0.15, 0.2) is 36.1 Å². The maximum Gasteiger partial charge on any atom is 0.249 e. The molecular formula is C16H28OSi. The molecule has 0 heterocycles. The maximum atomic E-state index is 6.20. The Labute approximate surface area is 114 Å². The molecule has 0 fully saturated rings. The van der Waals surface area contributed by atoms with E-state index >= 15 is 0 Å². The Balaban J connectivity index is 2.60. The zero-order chi connectivity index (χ0) is 14.0. The van der Waals surface area contributed by atoms with Crippen molar-refractivity contribution in [3.63, 3.8) is 0 Å². The van der Waals surface area contributed by atoms with Gasteiger partial charge >= 0.3 is 0 Å². The van der Waals surface area contributed by atoms with Crippen LogP contribution in [0.2, 0.25) is 19.1 Å². The van der Waals surface area contributed by atoms with Gasteiger partial charge in [0, 0.05) is 0 Å². The first-order valence-corrected chi connectivity index (χ1v) is 9.93. The summed E-state index contributed by atoms with van der Waals surface area (Å²) in [5.41, 5.74) is 1.56. The molecule has 0 spiro atoms. The van der Waals surface area contributed by atoms with Crippen LogP contribution in [0.4, 0.5) is 0 Å². The lowest BCUT2D eigenvalue weighted by Gasteiger charge is -2.31. The minimum absolute atomic E-state index is 0.336. The summed E-state index contributed by atoms with van der Waals surface area (Å²) in [5, 5.41) is 0. The fourth-order valence-electron chi connectivity index (χ4n) is 2.40. The Bertz CT molecular complexity index is 369. The normalized spacial score (nSPS) is 20.6. The van der Waals surface area contributed by atoms with Gasteiger partial charge in [-0.1, -0.05) is 32.4 Å². The smallest absolute Gasteiger partial charge is 0.249 e. The summed E-state index contributed by atoms with van der Waals surface area (Å²) < 4.78 is 6.20. The van der Waals surface area contributed by atoms with E-state index in [0.717, 1.165) is 18.2 Å². The van der Waals surface area contributed by atoms with Crippen LogP contribution >= 0.6 is 0 Å². The van der Waals surface area contributed by atoms with E-state index in [1.54, 1.807) is 0 Å². The molecule has 0 aliphatic heterocycles. The molecule has 1 unspecified atom stereocenters. The molecule has 0 bridgehead atoms. The van der Waals surface area contributed by atoms with Crippen molar-refractivity contribution in [2.45, 2.75) is 53.3 Å². The molecule has 1 atom stereocenters. The molecule has 0 aromatic rings. The van der Waals surface area contributed by atoms with Crippen LogP contribution in [-0.4, -0.2) is 8.32 Å². The van der Waals surface area contributed by atoms with E-state index in [9.17, 15) is 0 Å². The van der Waals surface area contributed by atoms with Crippen molar-refractivity contribution in [3.8, 4) is 0 Å². The van der Waals surface area contributed by atoms with Gasteiger partial charge in [0.05, 0.1) is 5.76 Å². The Kier molecular flexibility index (Phi) is 4.65. The zero-order valence-corrected chi connectivity index (χ0v) is 13.8. The highest BCUT2D eigenvalue weighted by atomic mass is 28.4. The predicted molar refractivity (Wildman–Crippen MR) is 83.0 cm³/mol. The highest BCUT2D eigenvalue weighted by Crippen LogP contribution is 2.34. The van der Waals surface area contributed by atoms with E-state index in [2.05, 4.69) is 65.6 Å². The van der Waals surface area contributed by atoms with Gasteiger partial charge in [-0.05, 0) is 56.0 Å². The second-order valence-corrected chi connectivity index (χ2v) is 11.2. The minimum Gasteiger partial charge on any atom is -0.544 e. The van der Waals surface area contributed by atoms with Crippen molar-refractivity contribution >= 4 is 8.32 Å². The van der Waals surface area contributed by atoms with E-state index < -0.39 is 8.32 Å². The molecule has 0 saturated carbocycles. The highest BCUT2D eigenvalue weighted by molar-refractivity contribution is 6.72. The van der Waals surface area contributed by atoms with Gasteiger partial charge in [0.15, 0.2) is 0 Å². The Morgan fingerprint density at radius 1 is 1.44 bits per heavy atom. The third kappa shape index (κ3) is 4.85. The molecule has 18 heavy (non-hydrogen) atoms. The second kappa shape index (κ2) is 5.48. The molecule has 0 N–H and O–H groups in total. The summed E-state index contributed by atoms with van der Waals surface area (Å²) in [6.45, 7) is 17.5. The summed E-state index contributed by atoms with van der Waals surface area (Å²) in [5.74, 6) is 1.68. The molecule has 1 aliphatic rings. The van der Waals surface area contributed by atoms with Crippen LogP contribution in [0, 0.1) is 11.3 Å². The van der Waals surface area contributed by atoms with Gasteiger partial charge in [-0.25, -0.2) is 0 Å². The first-order valence-electron chi connectivity index (χ1n) is 6.82. The van der Waals surface area contributed by atoms with Crippen LogP contribution in [0.25, 0.3) is 0 Å². The Morgan fingerprint density at radius 2 is 2.06 bits per heavy atom. The largest absolute Gasteiger partial charge is 0.544 e. The van der Waals surface area contributed by atoms with Crippen LogP contribution in [0.3, 0.4) is 0 Å². The summed E-state index contributed by atoms with van der Waals surface area (Å²) in [7, 11) is -1.64. The molecule has 1 nitrogen and oxygen atoms in total. The molecule has 0 aromatic heterocycles. The number of hydrogen-bond donors (Lipinski definition) is 0. The zero-order valence-electron chi connectivity index (χ0n) is 12.8. The number of hydrogen-bond acceptors (Lipinski definition) is 1. The van der Waals surface area contributed by atoms with Crippen molar-refractivity contribution < 1.29 is 4.43 Å². The van der Waals surface area contributed by atoms with Crippen molar-refractivity contribution in [1.29, 1.82) is 0 Å². The van der Waals surface area contributed by atoms with Crippen LogP contribution in [-0.2, 0) is 4.43 Å². The lowest BCUT2D eigenvalue weighted by atomic mass is 9.77. The molecule has 2 heteroatoms. The van der Waals surface area contributed by atoms with Gasteiger partial charge in [-0.3, -0.25) is 0 Å². The average molecular weight is 264 g/mol. The van der Waals surface area contributed by atoms with Crippen molar-refractivity contribution in [1.82, 2.24) is 0 Å². The Hall–Kier alpha value is -0.763. The van der Waals surface area contributed by atoms with Crippen molar-refractivity contribution in [3.05, 3.63) is 36.1 Å². The standard InChI is InChI=1S/C16H28OSi/c1-13(2)12-18(6,7)17-15-10-8-14(9-11-15)16(3,4)5/h8,10-11,14H,1,9,12H2,2-7H3. The second-order valence-electron chi connectivity index (χ2n) is 7.17.